The Morgan fingerprint density at radius 1 is 1.26 bits per heavy atom. The molecule has 1 fully saturated rings. The van der Waals surface area contributed by atoms with E-state index >= 15 is 0 Å². The molecule has 106 valence electrons. The van der Waals surface area contributed by atoms with Gasteiger partial charge < -0.3 is 10.6 Å². The fourth-order valence-corrected chi connectivity index (χ4v) is 2.86. The fraction of sp³-hybridized carbons (Fsp3) is 0.600. The molecule has 0 bridgehead atoms. The molecule has 4 heteroatoms. The molecule has 3 nitrogen and oxygen atoms in total. The lowest BCUT2D eigenvalue weighted by Gasteiger charge is -2.45. The van der Waals surface area contributed by atoms with Gasteiger partial charge >= 0.3 is 0 Å². The summed E-state index contributed by atoms with van der Waals surface area (Å²) in [5.74, 6) is 0. The molecule has 0 aliphatic carbocycles. The van der Waals surface area contributed by atoms with Crippen LogP contribution in [0.3, 0.4) is 0 Å². The highest BCUT2D eigenvalue weighted by Gasteiger charge is 2.31. The fourth-order valence-electron chi connectivity index (χ4n) is 2.67. The van der Waals surface area contributed by atoms with Crippen LogP contribution in [0.4, 0.5) is 5.69 Å². The number of rotatable bonds is 4. The van der Waals surface area contributed by atoms with Gasteiger partial charge in [0, 0.05) is 49.0 Å². The number of piperazine rings is 1. The van der Waals surface area contributed by atoms with E-state index in [1.54, 1.807) is 0 Å². The topological polar surface area (TPSA) is 32.5 Å². The van der Waals surface area contributed by atoms with Crippen molar-refractivity contribution in [2.24, 2.45) is 5.73 Å². The van der Waals surface area contributed by atoms with Crippen molar-refractivity contribution in [3.05, 3.63) is 29.3 Å². The third-order valence-electron chi connectivity index (χ3n) is 4.42. The number of nitrogens with two attached hydrogens (primary N) is 1. The summed E-state index contributed by atoms with van der Waals surface area (Å²) in [5, 5.41) is 0.806. The van der Waals surface area contributed by atoms with Crippen LogP contribution in [0, 0.1) is 0 Å². The third-order valence-corrected chi connectivity index (χ3v) is 4.65. The second-order valence-corrected chi connectivity index (χ2v) is 5.95. The van der Waals surface area contributed by atoms with Crippen molar-refractivity contribution in [2.45, 2.75) is 25.8 Å². The molecule has 2 rings (SSSR count). The third kappa shape index (κ3) is 3.22. The lowest BCUT2D eigenvalue weighted by Crippen LogP contribution is -2.58. The molecule has 0 amide bonds. The molecule has 1 aromatic carbocycles. The SMILES string of the molecule is CCC(C)(CN)N1CCN(c2cccc(Cl)c2)CC1. The van der Waals surface area contributed by atoms with Crippen LogP contribution >= 0.6 is 11.6 Å². The average molecular weight is 282 g/mol. The Bertz CT molecular complexity index is 410. The number of hydrogen-bond donors (Lipinski definition) is 1. The largest absolute Gasteiger partial charge is 0.369 e. The molecule has 1 aromatic rings. The molecule has 0 aromatic heterocycles. The molecule has 1 unspecified atom stereocenters. The van der Waals surface area contributed by atoms with Gasteiger partial charge in [0.15, 0.2) is 0 Å². The molecular weight excluding hydrogens is 258 g/mol. The minimum Gasteiger partial charge on any atom is -0.369 e. The lowest BCUT2D eigenvalue weighted by atomic mass is 9.95. The van der Waals surface area contributed by atoms with Gasteiger partial charge in [0.1, 0.15) is 0 Å². The predicted octanol–water partition coefficient (Wildman–Crippen LogP) is 2.59. The summed E-state index contributed by atoms with van der Waals surface area (Å²) >= 11 is 6.06. The van der Waals surface area contributed by atoms with Gasteiger partial charge in [-0.05, 0) is 31.5 Å². The van der Waals surface area contributed by atoms with Gasteiger partial charge in [-0.15, -0.1) is 0 Å². The van der Waals surface area contributed by atoms with Gasteiger partial charge in [0.2, 0.25) is 0 Å². The Morgan fingerprint density at radius 3 is 2.47 bits per heavy atom. The minimum atomic E-state index is 0.139. The maximum atomic E-state index is 6.06. The van der Waals surface area contributed by atoms with E-state index in [1.807, 2.05) is 18.2 Å². The van der Waals surface area contributed by atoms with E-state index in [9.17, 15) is 0 Å². The zero-order chi connectivity index (χ0) is 13.9. The highest BCUT2D eigenvalue weighted by molar-refractivity contribution is 6.30. The van der Waals surface area contributed by atoms with Crippen molar-refractivity contribution >= 4 is 17.3 Å². The molecule has 1 heterocycles. The first-order valence-corrected chi connectivity index (χ1v) is 7.42. The number of nitrogens with zero attached hydrogens (tertiary/aromatic N) is 2. The Balaban J connectivity index is 1.99. The molecular formula is C15H24ClN3. The molecule has 1 aliphatic heterocycles. The van der Waals surface area contributed by atoms with Crippen molar-refractivity contribution < 1.29 is 0 Å². The van der Waals surface area contributed by atoms with Gasteiger partial charge in [-0.25, -0.2) is 0 Å². The summed E-state index contributed by atoms with van der Waals surface area (Å²) in [6, 6.07) is 8.10. The molecule has 2 N–H and O–H groups in total. The quantitative estimate of drug-likeness (QED) is 0.921. The molecule has 1 atom stereocenters. The van der Waals surface area contributed by atoms with Crippen LogP contribution in [0.5, 0.6) is 0 Å². The Kier molecular flexibility index (Phi) is 4.71. The number of anilines is 1. The van der Waals surface area contributed by atoms with Crippen LogP contribution in [0.1, 0.15) is 20.3 Å². The maximum absolute atomic E-state index is 6.06. The zero-order valence-corrected chi connectivity index (χ0v) is 12.7. The van der Waals surface area contributed by atoms with Crippen molar-refractivity contribution in [3.63, 3.8) is 0 Å². The molecule has 0 spiro atoms. The van der Waals surface area contributed by atoms with Crippen LogP contribution in [-0.4, -0.2) is 43.2 Å². The van der Waals surface area contributed by atoms with Crippen molar-refractivity contribution in [1.82, 2.24) is 4.90 Å². The van der Waals surface area contributed by atoms with Crippen molar-refractivity contribution in [2.75, 3.05) is 37.6 Å². The Morgan fingerprint density at radius 2 is 1.95 bits per heavy atom. The van der Waals surface area contributed by atoms with Crippen LogP contribution < -0.4 is 10.6 Å². The summed E-state index contributed by atoms with van der Waals surface area (Å²) in [6.07, 6.45) is 1.10. The first-order valence-electron chi connectivity index (χ1n) is 7.04. The van der Waals surface area contributed by atoms with Crippen LogP contribution in [-0.2, 0) is 0 Å². The van der Waals surface area contributed by atoms with Gasteiger partial charge in [-0.2, -0.15) is 0 Å². The number of hydrogen-bond acceptors (Lipinski definition) is 3. The van der Waals surface area contributed by atoms with E-state index < -0.39 is 0 Å². The molecule has 1 aliphatic rings. The first-order chi connectivity index (χ1) is 9.09. The smallest absolute Gasteiger partial charge is 0.0426 e. The van der Waals surface area contributed by atoms with Crippen molar-refractivity contribution in [3.8, 4) is 0 Å². The van der Waals surface area contributed by atoms with Gasteiger partial charge in [-0.3, -0.25) is 4.90 Å². The molecule has 19 heavy (non-hydrogen) atoms. The average Bonchev–Trinajstić information content (AvgIpc) is 2.46. The minimum absolute atomic E-state index is 0.139. The summed E-state index contributed by atoms with van der Waals surface area (Å²) in [6.45, 7) is 9.41. The zero-order valence-electron chi connectivity index (χ0n) is 11.9. The normalized spacial score (nSPS) is 20.3. The van der Waals surface area contributed by atoms with E-state index in [4.69, 9.17) is 17.3 Å². The highest BCUT2D eigenvalue weighted by Crippen LogP contribution is 2.24. The van der Waals surface area contributed by atoms with E-state index in [2.05, 4.69) is 29.7 Å². The molecule has 0 saturated carbocycles. The monoisotopic (exact) mass is 281 g/mol. The molecule has 0 radical (unpaired) electrons. The van der Waals surface area contributed by atoms with Crippen LogP contribution in [0.25, 0.3) is 0 Å². The Labute approximate surface area is 121 Å². The van der Waals surface area contributed by atoms with Crippen LogP contribution in [0.15, 0.2) is 24.3 Å². The first kappa shape index (κ1) is 14.6. The van der Waals surface area contributed by atoms with Gasteiger partial charge in [-0.1, -0.05) is 24.6 Å². The van der Waals surface area contributed by atoms with E-state index in [0.29, 0.717) is 0 Å². The highest BCUT2D eigenvalue weighted by atomic mass is 35.5. The summed E-state index contributed by atoms with van der Waals surface area (Å²) in [7, 11) is 0. The lowest BCUT2D eigenvalue weighted by molar-refractivity contribution is 0.0988. The number of benzene rings is 1. The van der Waals surface area contributed by atoms with Crippen LogP contribution in [0.2, 0.25) is 5.02 Å². The van der Waals surface area contributed by atoms with E-state index in [0.717, 1.165) is 44.2 Å². The van der Waals surface area contributed by atoms with Crippen molar-refractivity contribution in [1.29, 1.82) is 0 Å². The van der Waals surface area contributed by atoms with E-state index in [1.165, 1.54) is 5.69 Å². The standard InChI is InChI=1S/C15H24ClN3/c1-3-15(2,12-17)19-9-7-18(8-10-19)14-6-4-5-13(16)11-14/h4-6,11H,3,7-10,12,17H2,1-2H3. The molecule has 1 saturated heterocycles. The summed E-state index contributed by atoms with van der Waals surface area (Å²) in [4.78, 5) is 4.92. The summed E-state index contributed by atoms with van der Waals surface area (Å²) < 4.78 is 0. The van der Waals surface area contributed by atoms with Gasteiger partial charge in [0.05, 0.1) is 0 Å². The Hall–Kier alpha value is -0.770. The second-order valence-electron chi connectivity index (χ2n) is 5.51. The maximum Gasteiger partial charge on any atom is 0.0426 e. The predicted molar refractivity (Wildman–Crippen MR) is 83.0 cm³/mol. The van der Waals surface area contributed by atoms with E-state index in [-0.39, 0.29) is 5.54 Å². The summed E-state index contributed by atoms with van der Waals surface area (Å²) in [5.41, 5.74) is 7.30. The van der Waals surface area contributed by atoms with Gasteiger partial charge in [0.25, 0.3) is 0 Å². The number of halogens is 1. The second kappa shape index (κ2) is 6.12.